The molecule has 0 bridgehead atoms. The maximum Gasteiger partial charge on any atom is 0.246 e. The molecule has 0 aliphatic heterocycles. The van der Waals surface area contributed by atoms with Crippen LogP contribution in [0.4, 0.5) is 5.69 Å². The number of benzene rings is 2. The third-order valence-corrected chi connectivity index (χ3v) is 3.47. The molecule has 0 aromatic heterocycles. The number of rotatable bonds is 7. The molecule has 0 heterocycles. The van der Waals surface area contributed by atoms with E-state index >= 15 is 0 Å². The van der Waals surface area contributed by atoms with Crippen LogP contribution in [0.3, 0.4) is 0 Å². The molecule has 2 amide bonds. The minimum atomic E-state index is -0.121. The third-order valence-electron chi connectivity index (χ3n) is 3.47. The number of carbonyl (C=O) groups excluding carboxylic acids is 2. The Morgan fingerprint density at radius 3 is 2.17 bits per heavy atom. The van der Waals surface area contributed by atoms with E-state index in [1.165, 1.54) is 0 Å². The molecule has 0 aliphatic rings. The van der Waals surface area contributed by atoms with Gasteiger partial charge in [0.25, 0.3) is 0 Å². The second kappa shape index (κ2) is 8.73. The van der Waals surface area contributed by atoms with Crippen LogP contribution in [0.5, 0.6) is 0 Å². The van der Waals surface area contributed by atoms with E-state index in [4.69, 9.17) is 0 Å². The zero-order valence-electron chi connectivity index (χ0n) is 13.4. The van der Waals surface area contributed by atoms with E-state index in [0.29, 0.717) is 13.0 Å². The fourth-order valence-corrected chi connectivity index (χ4v) is 2.28. The molecule has 0 radical (unpaired) electrons. The van der Waals surface area contributed by atoms with Gasteiger partial charge in [0.15, 0.2) is 0 Å². The Labute approximate surface area is 137 Å². The van der Waals surface area contributed by atoms with Gasteiger partial charge in [-0.2, -0.15) is 0 Å². The Balaban J connectivity index is 2.10. The maximum absolute atomic E-state index is 12.6. The largest absolute Gasteiger partial charge is 0.347 e. The zero-order valence-corrected chi connectivity index (χ0v) is 13.4. The van der Waals surface area contributed by atoms with Crippen LogP contribution < -0.4 is 10.2 Å². The summed E-state index contributed by atoms with van der Waals surface area (Å²) in [7, 11) is 0. The van der Waals surface area contributed by atoms with E-state index in [-0.39, 0.29) is 18.4 Å². The van der Waals surface area contributed by atoms with Crippen molar-refractivity contribution in [2.75, 3.05) is 11.4 Å². The average molecular weight is 310 g/mol. The summed E-state index contributed by atoms with van der Waals surface area (Å²) in [5.74, 6) is -0.210. The van der Waals surface area contributed by atoms with Gasteiger partial charge in [0.2, 0.25) is 11.8 Å². The van der Waals surface area contributed by atoms with Crippen molar-refractivity contribution in [1.82, 2.24) is 5.32 Å². The minimum absolute atomic E-state index is 0.0144. The molecule has 0 saturated heterocycles. The van der Waals surface area contributed by atoms with Gasteiger partial charge in [0.05, 0.1) is 13.1 Å². The second-order valence-electron chi connectivity index (χ2n) is 5.33. The molecule has 1 N–H and O–H groups in total. The minimum Gasteiger partial charge on any atom is -0.347 e. The van der Waals surface area contributed by atoms with Gasteiger partial charge in [0.1, 0.15) is 0 Å². The molecule has 0 fully saturated rings. The number of hydrogen-bond acceptors (Lipinski definition) is 2. The van der Waals surface area contributed by atoms with Gasteiger partial charge in [-0.15, -0.1) is 0 Å². The van der Waals surface area contributed by atoms with Gasteiger partial charge in [0, 0.05) is 12.1 Å². The van der Waals surface area contributed by atoms with Crippen molar-refractivity contribution >= 4 is 17.5 Å². The highest BCUT2D eigenvalue weighted by Crippen LogP contribution is 2.17. The first-order valence-electron chi connectivity index (χ1n) is 7.86. The van der Waals surface area contributed by atoms with Crippen molar-refractivity contribution in [2.24, 2.45) is 0 Å². The molecule has 2 aromatic carbocycles. The van der Waals surface area contributed by atoms with Gasteiger partial charge < -0.3 is 10.2 Å². The van der Waals surface area contributed by atoms with E-state index in [1.54, 1.807) is 4.90 Å². The van der Waals surface area contributed by atoms with Crippen molar-refractivity contribution in [1.29, 1.82) is 0 Å². The second-order valence-corrected chi connectivity index (χ2v) is 5.33. The van der Waals surface area contributed by atoms with Crippen molar-refractivity contribution in [2.45, 2.75) is 26.3 Å². The van der Waals surface area contributed by atoms with Crippen LogP contribution in [0.15, 0.2) is 60.7 Å². The van der Waals surface area contributed by atoms with Crippen LogP contribution in [0.1, 0.15) is 25.3 Å². The summed E-state index contributed by atoms with van der Waals surface area (Å²) in [4.78, 5) is 25.8. The zero-order chi connectivity index (χ0) is 16.5. The van der Waals surface area contributed by atoms with Gasteiger partial charge in [-0.25, -0.2) is 0 Å². The van der Waals surface area contributed by atoms with Crippen LogP contribution in [-0.2, 0) is 16.1 Å². The number of carbonyl (C=O) groups is 2. The predicted octanol–water partition coefficient (Wildman–Crippen LogP) is 3.14. The fourth-order valence-electron chi connectivity index (χ4n) is 2.28. The van der Waals surface area contributed by atoms with E-state index < -0.39 is 0 Å². The van der Waals surface area contributed by atoms with Gasteiger partial charge in [-0.05, 0) is 24.1 Å². The Hall–Kier alpha value is -2.62. The number of para-hydroxylation sites is 1. The highest BCUT2D eigenvalue weighted by molar-refractivity contribution is 5.96. The molecule has 0 spiro atoms. The lowest BCUT2D eigenvalue weighted by Gasteiger charge is -2.23. The summed E-state index contributed by atoms with van der Waals surface area (Å²) < 4.78 is 0. The fraction of sp³-hybridized carbons (Fsp3) is 0.263. The molecular formula is C19H22N2O2. The number of hydrogen-bond donors (Lipinski definition) is 1. The molecule has 0 atom stereocenters. The average Bonchev–Trinajstić information content (AvgIpc) is 2.59. The Morgan fingerprint density at radius 2 is 1.57 bits per heavy atom. The first-order valence-corrected chi connectivity index (χ1v) is 7.86. The highest BCUT2D eigenvalue weighted by Gasteiger charge is 2.16. The number of anilines is 1. The molecule has 0 unspecified atom stereocenters. The van der Waals surface area contributed by atoms with Crippen molar-refractivity contribution in [3.05, 3.63) is 66.2 Å². The van der Waals surface area contributed by atoms with Crippen LogP contribution >= 0.6 is 0 Å². The van der Waals surface area contributed by atoms with E-state index in [0.717, 1.165) is 17.7 Å². The summed E-state index contributed by atoms with van der Waals surface area (Å²) in [5, 5.41) is 2.69. The molecule has 0 saturated carbocycles. The van der Waals surface area contributed by atoms with Crippen molar-refractivity contribution in [3.8, 4) is 0 Å². The topological polar surface area (TPSA) is 49.4 Å². The van der Waals surface area contributed by atoms with Crippen molar-refractivity contribution in [3.63, 3.8) is 0 Å². The Bertz CT molecular complexity index is 626. The van der Waals surface area contributed by atoms with Gasteiger partial charge >= 0.3 is 0 Å². The summed E-state index contributed by atoms with van der Waals surface area (Å²) in [6.07, 6.45) is 1.21. The number of amides is 2. The molecule has 23 heavy (non-hydrogen) atoms. The standard InChI is InChI=1S/C19H22N2O2/c1-2-9-18(22)20-14-19(23)21(17-12-7-4-8-13-17)15-16-10-5-3-6-11-16/h3-8,10-13H,2,9,14-15H2,1H3,(H,20,22). The first-order chi connectivity index (χ1) is 11.2. The Morgan fingerprint density at radius 1 is 0.957 bits per heavy atom. The van der Waals surface area contributed by atoms with Crippen LogP contribution in [-0.4, -0.2) is 18.4 Å². The summed E-state index contributed by atoms with van der Waals surface area (Å²) in [5.41, 5.74) is 1.87. The molecular weight excluding hydrogens is 288 g/mol. The smallest absolute Gasteiger partial charge is 0.246 e. The molecule has 4 nitrogen and oxygen atoms in total. The lowest BCUT2D eigenvalue weighted by atomic mass is 10.2. The highest BCUT2D eigenvalue weighted by atomic mass is 16.2. The molecule has 2 aromatic rings. The normalized spacial score (nSPS) is 10.1. The van der Waals surface area contributed by atoms with Gasteiger partial charge in [-0.1, -0.05) is 55.5 Å². The monoisotopic (exact) mass is 310 g/mol. The van der Waals surface area contributed by atoms with E-state index in [2.05, 4.69) is 5.32 Å². The summed E-state index contributed by atoms with van der Waals surface area (Å²) >= 11 is 0. The third kappa shape index (κ3) is 5.25. The number of nitrogens with one attached hydrogen (secondary N) is 1. The summed E-state index contributed by atoms with van der Waals surface area (Å²) in [6, 6.07) is 19.3. The van der Waals surface area contributed by atoms with E-state index in [9.17, 15) is 9.59 Å². The Kier molecular flexibility index (Phi) is 6.36. The quantitative estimate of drug-likeness (QED) is 0.854. The predicted molar refractivity (Wildman–Crippen MR) is 92.0 cm³/mol. The number of nitrogens with zero attached hydrogens (tertiary/aromatic N) is 1. The lowest BCUT2D eigenvalue weighted by Crippen LogP contribution is -2.40. The lowest BCUT2D eigenvalue weighted by molar-refractivity contribution is -0.125. The molecule has 2 rings (SSSR count). The first kappa shape index (κ1) is 16.7. The van der Waals surface area contributed by atoms with Crippen molar-refractivity contribution < 1.29 is 9.59 Å². The maximum atomic E-state index is 12.6. The van der Waals surface area contributed by atoms with Crippen LogP contribution in [0, 0.1) is 0 Å². The van der Waals surface area contributed by atoms with Gasteiger partial charge in [-0.3, -0.25) is 9.59 Å². The molecule has 4 heteroatoms. The SMILES string of the molecule is CCCC(=O)NCC(=O)N(Cc1ccccc1)c1ccccc1. The van der Waals surface area contributed by atoms with Crippen LogP contribution in [0.2, 0.25) is 0 Å². The molecule has 0 aliphatic carbocycles. The van der Waals surface area contributed by atoms with Crippen LogP contribution in [0.25, 0.3) is 0 Å². The molecule has 120 valence electrons. The van der Waals surface area contributed by atoms with E-state index in [1.807, 2.05) is 67.6 Å². The summed E-state index contributed by atoms with van der Waals surface area (Å²) in [6.45, 7) is 2.43.